The van der Waals surface area contributed by atoms with Crippen LogP contribution in [0, 0.1) is 13.8 Å². The maximum absolute atomic E-state index is 7.09. The number of fused-ring (bicyclic) bond motifs is 17. The molecule has 10 aromatic carbocycles. The number of hydrogen-bond acceptors (Lipinski definition) is 3. The molecular formula is C99H111NO2. The molecule has 0 radical (unpaired) electrons. The van der Waals surface area contributed by atoms with Crippen molar-refractivity contribution < 1.29 is 8.83 Å². The summed E-state index contributed by atoms with van der Waals surface area (Å²) in [5.41, 5.74) is 31.7. The van der Waals surface area contributed by atoms with E-state index in [9.17, 15) is 0 Å². The summed E-state index contributed by atoms with van der Waals surface area (Å²) in [6, 6.07) is 73.2. The normalized spacial score (nSPS) is 14.2. The van der Waals surface area contributed by atoms with Crippen LogP contribution >= 0.6 is 0 Å². The number of nitrogens with zero attached hydrogens (tertiary/aromatic N) is 1. The molecule has 0 unspecified atom stereocenters. The van der Waals surface area contributed by atoms with Crippen molar-refractivity contribution in [1.29, 1.82) is 0 Å². The van der Waals surface area contributed by atoms with Crippen LogP contribution in [0.3, 0.4) is 0 Å². The molecule has 2 heterocycles. The summed E-state index contributed by atoms with van der Waals surface area (Å²) in [6.45, 7) is 19.0. The van der Waals surface area contributed by atoms with Gasteiger partial charge in [-0.15, -0.1) is 0 Å². The van der Waals surface area contributed by atoms with Crippen molar-refractivity contribution in [2.75, 3.05) is 4.90 Å². The smallest absolute Gasteiger partial charge is 0.143 e. The van der Waals surface area contributed by atoms with Gasteiger partial charge in [0.1, 0.15) is 22.3 Å². The second-order valence-corrected chi connectivity index (χ2v) is 31.9. The van der Waals surface area contributed by atoms with Crippen LogP contribution in [0.2, 0.25) is 0 Å². The quantitative estimate of drug-likeness (QED) is 0.0384. The van der Waals surface area contributed by atoms with Gasteiger partial charge in [0.25, 0.3) is 0 Å². The molecule has 15 rings (SSSR count). The molecule has 0 N–H and O–H groups in total. The first-order valence-corrected chi connectivity index (χ1v) is 40.5. The van der Waals surface area contributed by atoms with Gasteiger partial charge < -0.3 is 13.7 Å². The summed E-state index contributed by atoms with van der Waals surface area (Å²) in [7, 11) is 0. The third-order valence-corrected chi connectivity index (χ3v) is 24.8. The summed E-state index contributed by atoms with van der Waals surface area (Å²) in [4.78, 5) is 2.66. The highest BCUT2D eigenvalue weighted by Gasteiger charge is 2.49. The molecule has 3 nitrogen and oxygen atoms in total. The topological polar surface area (TPSA) is 29.5 Å². The first-order valence-electron chi connectivity index (χ1n) is 40.5. The lowest BCUT2D eigenvalue weighted by molar-refractivity contribution is 0.394. The van der Waals surface area contributed by atoms with Gasteiger partial charge in [-0.3, -0.25) is 0 Å². The SMILES string of the molecule is CCCCCCCCC1(CCCCCCCC)c2cc(N(c3ccc4c(c3)C(C)(C)c3cc(-c5cccc(-c6ccccc6)c5)c5oc6ccccc6c5c3-4)c3ccc(C)cc3C)ccc2-c2cc3c(cc21)-c1c(ccc2oc4ccccc4c12)C3(CCCCCCCC)CCCCCCCC. The number of para-hydroxylation sites is 2. The molecule has 0 amide bonds. The number of benzene rings is 10. The number of furan rings is 2. The van der Waals surface area contributed by atoms with E-state index in [1.165, 1.54) is 272 Å². The first-order chi connectivity index (χ1) is 50.0. The summed E-state index contributed by atoms with van der Waals surface area (Å²) >= 11 is 0. The molecule has 2 aromatic heterocycles. The number of aryl methyl sites for hydroxylation is 2. The third kappa shape index (κ3) is 12.7. The lowest BCUT2D eigenvalue weighted by Crippen LogP contribution is -2.27. The number of unbranched alkanes of at least 4 members (excludes halogenated alkanes) is 20. The van der Waals surface area contributed by atoms with Gasteiger partial charge in [0.15, 0.2) is 0 Å². The highest BCUT2D eigenvalue weighted by Crippen LogP contribution is 2.64. The van der Waals surface area contributed by atoms with E-state index in [1.54, 1.807) is 22.3 Å². The summed E-state index contributed by atoms with van der Waals surface area (Å²) < 4.78 is 14.0. The van der Waals surface area contributed by atoms with Crippen LogP contribution in [0.5, 0.6) is 0 Å². The van der Waals surface area contributed by atoms with E-state index in [0.29, 0.717) is 0 Å². The molecule has 0 saturated heterocycles. The van der Waals surface area contributed by atoms with E-state index in [-0.39, 0.29) is 16.2 Å². The highest BCUT2D eigenvalue weighted by atomic mass is 16.3. The van der Waals surface area contributed by atoms with Gasteiger partial charge in [-0.2, -0.15) is 0 Å². The molecule has 102 heavy (non-hydrogen) atoms. The Balaban J connectivity index is 0.922. The van der Waals surface area contributed by atoms with Crippen LogP contribution in [0.4, 0.5) is 17.1 Å². The van der Waals surface area contributed by atoms with Crippen molar-refractivity contribution in [2.24, 2.45) is 0 Å². The Morgan fingerprint density at radius 3 is 1.41 bits per heavy atom. The number of hydrogen-bond donors (Lipinski definition) is 0. The molecule has 0 fully saturated rings. The summed E-state index contributed by atoms with van der Waals surface area (Å²) in [5.74, 6) is 0. The van der Waals surface area contributed by atoms with Gasteiger partial charge in [-0.05, 0) is 201 Å². The van der Waals surface area contributed by atoms with E-state index in [1.807, 2.05) is 0 Å². The predicted octanol–water partition coefficient (Wildman–Crippen LogP) is 30.7. The Morgan fingerprint density at radius 1 is 0.314 bits per heavy atom. The predicted molar refractivity (Wildman–Crippen MR) is 438 cm³/mol. The van der Waals surface area contributed by atoms with Crippen molar-refractivity contribution in [2.45, 2.75) is 251 Å². The Bertz CT molecular complexity index is 4940. The minimum absolute atomic E-state index is 0.0993. The van der Waals surface area contributed by atoms with Crippen molar-refractivity contribution in [1.82, 2.24) is 0 Å². The van der Waals surface area contributed by atoms with Crippen LogP contribution < -0.4 is 4.90 Å². The molecule has 0 spiro atoms. The zero-order valence-corrected chi connectivity index (χ0v) is 63.0. The Hall–Kier alpha value is -8.40. The lowest BCUT2D eigenvalue weighted by Gasteiger charge is -2.35. The zero-order chi connectivity index (χ0) is 70.0. The van der Waals surface area contributed by atoms with E-state index in [0.717, 1.165) is 46.1 Å². The van der Waals surface area contributed by atoms with E-state index in [4.69, 9.17) is 8.83 Å². The second-order valence-electron chi connectivity index (χ2n) is 31.9. The fraction of sp³-hybridized carbons (Fsp3) is 0.394. The van der Waals surface area contributed by atoms with E-state index >= 15 is 0 Å². The van der Waals surface area contributed by atoms with Crippen molar-refractivity contribution >= 4 is 60.9 Å². The van der Waals surface area contributed by atoms with Crippen LogP contribution in [0.1, 0.15) is 266 Å². The van der Waals surface area contributed by atoms with Gasteiger partial charge in [0.2, 0.25) is 0 Å². The molecule has 12 aromatic rings. The minimum atomic E-state index is -0.345. The lowest BCUT2D eigenvalue weighted by atomic mass is 9.68. The summed E-state index contributed by atoms with van der Waals surface area (Å²) in [5, 5.41) is 4.96. The molecule has 0 saturated carbocycles. The van der Waals surface area contributed by atoms with E-state index in [2.05, 4.69) is 248 Å². The Morgan fingerprint density at radius 2 is 0.794 bits per heavy atom. The molecule has 0 bridgehead atoms. The monoisotopic (exact) mass is 1350 g/mol. The average molecular weight is 1350 g/mol. The summed E-state index contributed by atoms with van der Waals surface area (Å²) in [6.07, 6.45) is 35.6. The van der Waals surface area contributed by atoms with E-state index < -0.39 is 0 Å². The molecule has 0 aliphatic heterocycles. The van der Waals surface area contributed by atoms with Gasteiger partial charge in [0, 0.05) is 60.4 Å². The van der Waals surface area contributed by atoms with Crippen molar-refractivity contribution in [3.05, 3.63) is 233 Å². The molecule has 0 atom stereocenters. The van der Waals surface area contributed by atoms with Gasteiger partial charge >= 0.3 is 0 Å². The fourth-order valence-electron chi connectivity index (χ4n) is 19.5. The van der Waals surface area contributed by atoms with Crippen LogP contribution in [-0.4, -0.2) is 0 Å². The van der Waals surface area contributed by atoms with Gasteiger partial charge in [0.05, 0.1) is 0 Å². The molecule has 3 aliphatic carbocycles. The zero-order valence-electron chi connectivity index (χ0n) is 63.0. The largest absolute Gasteiger partial charge is 0.456 e. The maximum atomic E-state index is 7.09. The number of rotatable bonds is 33. The molecule has 3 aliphatic rings. The second kappa shape index (κ2) is 30.1. The van der Waals surface area contributed by atoms with Crippen LogP contribution in [0.15, 0.2) is 197 Å². The molecular weight excluding hydrogens is 1240 g/mol. The minimum Gasteiger partial charge on any atom is -0.456 e. The highest BCUT2D eigenvalue weighted by molar-refractivity contribution is 6.19. The van der Waals surface area contributed by atoms with Gasteiger partial charge in [-0.1, -0.05) is 316 Å². The van der Waals surface area contributed by atoms with Gasteiger partial charge in [-0.25, -0.2) is 0 Å². The van der Waals surface area contributed by atoms with Crippen LogP contribution in [-0.2, 0) is 16.2 Å². The fourth-order valence-corrected chi connectivity index (χ4v) is 19.5. The first kappa shape index (κ1) is 69.3. The maximum Gasteiger partial charge on any atom is 0.143 e. The standard InChI is InChI=1S/C99H111NO2/c1-9-13-17-21-25-36-57-98(58-37-26-22-18-14-10-2)82-54-56-91-94(77-45-32-34-47-89(77)101-91)93(82)81-67-85-80(66-86(81)98)75-52-50-74(64-84(75)99(85,59-38-27-23-19-15-11-3)60-39-28-24-20-16-12-4)100(88-55-49-68(5)61-69(88)6)73-51-53-76-83(63-73)97(7,8)87-65-79(72-44-40-43-71(62-72)70-41-30-29-31-42-70)96-95(92(76)87)78-46-33-35-48-90(78)102-96/h29-35,40-56,61-67H,9-28,36-39,57-60H2,1-8H3. The van der Waals surface area contributed by atoms with Crippen molar-refractivity contribution in [3.63, 3.8) is 0 Å². The Labute approximate surface area is 610 Å². The van der Waals surface area contributed by atoms with Crippen LogP contribution in [0.25, 0.3) is 99.5 Å². The number of anilines is 3. The van der Waals surface area contributed by atoms with Crippen molar-refractivity contribution in [3.8, 4) is 55.6 Å². The molecule has 3 heteroatoms. The third-order valence-electron chi connectivity index (χ3n) is 24.8. The average Bonchev–Trinajstić information content (AvgIpc) is 1.53. The Kier molecular flexibility index (Phi) is 20.5. The molecule has 524 valence electrons.